The molecule has 3 saturated heterocycles. The molecule has 3 aliphatic rings. The number of nitrogens with two attached hydrogens (primary N) is 1. The number of amides is 11. The van der Waals surface area contributed by atoms with Crippen LogP contribution in [0.25, 0.3) is 0 Å². The van der Waals surface area contributed by atoms with E-state index in [0.717, 1.165) is 21.1 Å². The smallest absolute Gasteiger partial charge is 0.408 e. The molecule has 0 aromatic heterocycles. The van der Waals surface area contributed by atoms with Crippen LogP contribution >= 0.6 is 0 Å². The number of nitrogens with zero attached hydrogens (tertiary/aromatic N) is 6. The minimum atomic E-state index is -1.45. The molecule has 6 atom stereocenters. The Morgan fingerprint density at radius 3 is 1.73 bits per heavy atom. The Labute approximate surface area is 473 Å². The molecule has 0 aliphatic carbocycles. The second kappa shape index (κ2) is 31.4. The van der Waals surface area contributed by atoms with E-state index < -0.39 is 145 Å². The molecule has 0 spiro atoms. The highest BCUT2D eigenvalue weighted by atomic mass is 16.6. The fourth-order valence-electron chi connectivity index (χ4n) is 9.82. The van der Waals surface area contributed by atoms with Crippen LogP contribution in [0, 0.1) is 5.92 Å². The number of hydrogen-bond donors (Lipinski definition) is 7. The van der Waals surface area contributed by atoms with Crippen LogP contribution in [-0.4, -0.2) is 228 Å². The lowest BCUT2D eigenvalue weighted by atomic mass is 10.00. The first-order valence-electron chi connectivity index (χ1n) is 27.6. The Hall–Kier alpha value is -7.58. The molecule has 3 heterocycles. The highest BCUT2D eigenvalue weighted by Crippen LogP contribution is 2.22. The number of ether oxygens (including phenoxy) is 2. The Bertz CT molecular complexity index is 2400. The average Bonchev–Trinajstić information content (AvgIpc) is 3.74. The standard InChI is InChI=1S/C54H84N12O15/c1-34(2)45(48(73)57-29-36(50(75)66-26-18-15-23-40(66)51(76)77)59-52(78)80-33-35-19-11-9-12-20-35)63(8)43(69)31-62(7)42(68)30-58-47(72)39-22-14-17-25-65(39)49(74)37(60-53(79)81-54(3,4)5)28-56-46(71)38-21-13-10-16-24-64(38)44(70)32-61(6)41(67)27-55/h9,11-12,19-20,34,36-40,45H,10,13-18,21-33,55H2,1-8H3,(H,56,71)(H,57,73)(H,58,72)(H,59,78)(H,60,79)(H,76,77)/t36-,37-,38+,39+,40+,45+/m1/s1. The van der Waals surface area contributed by atoms with Crippen LogP contribution in [0.1, 0.15) is 104 Å². The van der Waals surface area contributed by atoms with Crippen molar-refractivity contribution < 1.29 is 72.1 Å². The van der Waals surface area contributed by atoms with E-state index in [0.29, 0.717) is 50.5 Å². The number of piperidine rings is 2. The third-order valence-corrected chi connectivity index (χ3v) is 14.2. The van der Waals surface area contributed by atoms with Crippen molar-refractivity contribution in [2.24, 2.45) is 11.7 Å². The molecule has 0 radical (unpaired) electrons. The largest absolute Gasteiger partial charge is 0.480 e. The summed E-state index contributed by atoms with van der Waals surface area (Å²) in [6.45, 7) is 5.81. The lowest BCUT2D eigenvalue weighted by Gasteiger charge is -2.37. The monoisotopic (exact) mass is 1140 g/mol. The normalized spacial score (nSPS) is 18.5. The highest BCUT2D eigenvalue weighted by Gasteiger charge is 2.41. The zero-order chi connectivity index (χ0) is 60.1. The maximum Gasteiger partial charge on any atom is 0.408 e. The zero-order valence-electron chi connectivity index (χ0n) is 48.0. The number of carboxylic acids is 1. The van der Waals surface area contributed by atoms with Crippen molar-refractivity contribution in [2.45, 2.75) is 147 Å². The molecule has 1 aromatic rings. The van der Waals surface area contributed by atoms with Crippen LogP contribution in [0.5, 0.6) is 0 Å². The van der Waals surface area contributed by atoms with Crippen molar-refractivity contribution in [3.63, 3.8) is 0 Å². The summed E-state index contributed by atoms with van der Waals surface area (Å²) in [7, 11) is 4.10. The molecule has 3 aliphatic heterocycles. The molecule has 11 amide bonds. The summed E-state index contributed by atoms with van der Waals surface area (Å²) in [5, 5.41) is 22.8. The van der Waals surface area contributed by atoms with Crippen LogP contribution in [0.2, 0.25) is 0 Å². The third kappa shape index (κ3) is 20.2. The molecule has 8 N–H and O–H groups in total. The number of benzene rings is 1. The molecule has 27 heteroatoms. The number of likely N-dealkylation sites (N-methyl/N-ethyl adjacent to an activating group) is 3. The number of aliphatic carboxylic acids is 1. The summed E-state index contributed by atoms with van der Waals surface area (Å²) in [4.78, 5) is 168. The first-order valence-corrected chi connectivity index (χ1v) is 27.6. The van der Waals surface area contributed by atoms with Gasteiger partial charge in [0.15, 0.2) is 0 Å². The second-order valence-corrected chi connectivity index (χ2v) is 21.9. The molecular formula is C54H84N12O15. The van der Waals surface area contributed by atoms with Crippen molar-refractivity contribution in [3.8, 4) is 0 Å². The van der Waals surface area contributed by atoms with Crippen LogP contribution in [0.4, 0.5) is 9.59 Å². The molecule has 0 unspecified atom stereocenters. The van der Waals surface area contributed by atoms with E-state index in [2.05, 4.69) is 26.6 Å². The number of nitrogens with one attached hydrogen (secondary N) is 5. The highest BCUT2D eigenvalue weighted by molar-refractivity contribution is 5.96. The van der Waals surface area contributed by atoms with Crippen LogP contribution < -0.4 is 32.3 Å². The van der Waals surface area contributed by atoms with Crippen molar-refractivity contribution in [3.05, 3.63) is 35.9 Å². The lowest BCUT2D eigenvalue weighted by Crippen LogP contribution is -2.61. The first-order chi connectivity index (χ1) is 38.2. The van der Waals surface area contributed by atoms with Gasteiger partial charge in [-0.3, -0.25) is 43.2 Å². The number of rotatable bonds is 23. The van der Waals surface area contributed by atoms with E-state index >= 15 is 0 Å². The minimum absolute atomic E-state index is 0.0784. The quantitative estimate of drug-likeness (QED) is 0.0726. The van der Waals surface area contributed by atoms with Crippen molar-refractivity contribution in [1.29, 1.82) is 0 Å². The van der Waals surface area contributed by atoms with Gasteiger partial charge in [0.2, 0.25) is 53.2 Å². The van der Waals surface area contributed by atoms with Crippen LogP contribution in [0.3, 0.4) is 0 Å². The molecule has 3 fully saturated rings. The Morgan fingerprint density at radius 2 is 1.15 bits per heavy atom. The van der Waals surface area contributed by atoms with E-state index in [1.165, 1.54) is 35.8 Å². The van der Waals surface area contributed by atoms with Gasteiger partial charge < -0.3 is 76.3 Å². The van der Waals surface area contributed by atoms with Gasteiger partial charge in [0.25, 0.3) is 0 Å². The molecule has 0 saturated carbocycles. The maximum absolute atomic E-state index is 14.5. The van der Waals surface area contributed by atoms with Crippen molar-refractivity contribution in [1.82, 2.24) is 56.0 Å². The number of alkyl carbamates (subject to hydrolysis) is 2. The summed E-state index contributed by atoms with van der Waals surface area (Å²) < 4.78 is 10.8. The molecule has 27 nitrogen and oxygen atoms in total. The molecular weight excluding hydrogens is 1060 g/mol. The Balaban J connectivity index is 1.40. The summed E-state index contributed by atoms with van der Waals surface area (Å²) in [6, 6.07) is 1.45. The van der Waals surface area contributed by atoms with Crippen LogP contribution in [0.15, 0.2) is 30.3 Å². The number of hydrogen-bond acceptors (Lipinski definition) is 15. The second-order valence-electron chi connectivity index (χ2n) is 21.9. The van der Waals surface area contributed by atoms with Gasteiger partial charge in [-0.1, -0.05) is 57.0 Å². The predicted octanol–water partition coefficient (Wildman–Crippen LogP) is -0.500. The molecule has 0 bridgehead atoms. The lowest BCUT2D eigenvalue weighted by molar-refractivity contribution is -0.153. The van der Waals surface area contributed by atoms with Gasteiger partial charge in [-0.15, -0.1) is 0 Å². The van der Waals surface area contributed by atoms with Gasteiger partial charge in [-0.2, -0.15) is 0 Å². The van der Waals surface area contributed by atoms with E-state index in [-0.39, 0.29) is 52.2 Å². The number of carboxylic acid groups (broad SMARTS) is 1. The maximum atomic E-state index is 14.5. The van der Waals surface area contributed by atoms with E-state index in [9.17, 15) is 62.6 Å². The van der Waals surface area contributed by atoms with Gasteiger partial charge in [-0.05, 0) is 83.6 Å². The van der Waals surface area contributed by atoms with Crippen LogP contribution in [-0.2, 0) is 64.0 Å². The van der Waals surface area contributed by atoms with E-state index in [1.54, 1.807) is 65.0 Å². The molecule has 81 heavy (non-hydrogen) atoms. The summed E-state index contributed by atoms with van der Waals surface area (Å²) in [6.07, 6.45) is 2.80. The molecule has 450 valence electrons. The number of carbonyl (C=O) groups excluding carboxylic acids is 11. The van der Waals surface area contributed by atoms with Crippen molar-refractivity contribution >= 4 is 71.3 Å². The van der Waals surface area contributed by atoms with Gasteiger partial charge in [0.05, 0.1) is 26.2 Å². The summed E-state index contributed by atoms with van der Waals surface area (Å²) in [5.41, 5.74) is 5.16. The SMILES string of the molecule is CC(C)[C@@H](C(=O)NC[C@@H](NC(=O)OCc1ccccc1)C(=O)N1CCCC[C@H]1C(=O)O)N(C)C(=O)CN(C)C(=O)CNC(=O)[C@@H]1CCCCN1C(=O)[C@@H](CNC(=O)[C@@H]1CCCCCN1C(=O)CN(C)C(=O)CN)NC(=O)OC(C)(C)C. The van der Waals surface area contributed by atoms with Gasteiger partial charge in [0.1, 0.15) is 48.5 Å². The Kier molecular flexibility index (Phi) is 25.6. The zero-order valence-corrected chi connectivity index (χ0v) is 48.0. The fourth-order valence-corrected chi connectivity index (χ4v) is 9.82. The minimum Gasteiger partial charge on any atom is -0.480 e. The predicted molar refractivity (Wildman–Crippen MR) is 292 cm³/mol. The third-order valence-electron chi connectivity index (χ3n) is 14.2. The Morgan fingerprint density at radius 1 is 0.642 bits per heavy atom. The van der Waals surface area contributed by atoms with E-state index in [1.807, 2.05) is 0 Å². The van der Waals surface area contributed by atoms with Gasteiger partial charge in [-0.25, -0.2) is 14.4 Å². The summed E-state index contributed by atoms with van der Waals surface area (Å²) >= 11 is 0. The topological polar surface area (TPSA) is 349 Å². The molecule has 1 aromatic carbocycles. The average molecular weight is 1140 g/mol. The summed E-state index contributed by atoms with van der Waals surface area (Å²) in [5.74, 6) is -7.54. The van der Waals surface area contributed by atoms with E-state index in [4.69, 9.17) is 15.2 Å². The van der Waals surface area contributed by atoms with Crippen molar-refractivity contribution in [2.75, 3.05) is 80.0 Å². The van der Waals surface area contributed by atoms with Gasteiger partial charge in [0, 0.05) is 53.9 Å². The number of carbonyl (C=O) groups is 12. The fraction of sp³-hybridized carbons (Fsp3) is 0.667. The molecule has 4 rings (SSSR count). The first kappa shape index (κ1) is 65.9. The van der Waals surface area contributed by atoms with Gasteiger partial charge >= 0.3 is 18.2 Å². The number of likely N-dealkylation sites (tertiary alicyclic amines) is 3.